The number of rotatable bonds is 6. The first-order valence-corrected chi connectivity index (χ1v) is 11.2. The summed E-state index contributed by atoms with van der Waals surface area (Å²) < 4.78 is 1.22. The lowest BCUT2D eigenvalue weighted by Gasteiger charge is -2.35. The highest BCUT2D eigenvalue weighted by atomic mass is 35.5. The van der Waals surface area contributed by atoms with Crippen LogP contribution in [0.2, 0.25) is 0 Å². The molecular formula is C21H33Cl2N9O2. The van der Waals surface area contributed by atoms with Crippen molar-refractivity contribution in [3.8, 4) is 0 Å². The van der Waals surface area contributed by atoms with Crippen LogP contribution in [-0.2, 0) is 0 Å². The van der Waals surface area contributed by atoms with Crippen molar-refractivity contribution in [3.63, 3.8) is 0 Å². The first-order chi connectivity index (χ1) is 15.4. The van der Waals surface area contributed by atoms with Gasteiger partial charge in [0.25, 0.3) is 11.6 Å². The van der Waals surface area contributed by atoms with Gasteiger partial charge in [-0.2, -0.15) is 5.10 Å². The summed E-state index contributed by atoms with van der Waals surface area (Å²) >= 11 is 0. The number of halogens is 2. The van der Waals surface area contributed by atoms with Crippen molar-refractivity contribution in [2.24, 2.45) is 16.9 Å². The zero-order chi connectivity index (χ0) is 22.7. The van der Waals surface area contributed by atoms with Crippen molar-refractivity contribution in [3.05, 3.63) is 34.1 Å². The summed E-state index contributed by atoms with van der Waals surface area (Å²) in [4.78, 5) is 16.2. The number of nitro benzene ring substituents is 1. The van der Waals surface area contributed by atoms with Crippen molar-refractivity contribution in [2.45, 2.75) is 39.5 Å². The first kappa shape index (κ1) is 27.5. The molecule has 0 radical (unpaired) electrons. The molecule has 0 spiro atoms. The number of nitrogens with two attached hydrogens (primary N) is 1. The Kier molecular flexibility index (Phi) is 9.75. The molecule has 2 aliphatic heterocycles. The second-order valence-electron chi connectivity index (χ2n) is 8.93. The molecule has 0 saturated carbocycles. The first-order valence-electron chi connectivity index (χ1n) is 11.2. The molecule has 188 valence electrons. The van der Waals surface area contributed by atoms with Gasteiger partial charge in [-0.1, -0.05) is 13.8 Å². The van der Waals surface area contributed by atoms with Crippen LogP contribution in [0.4, 0.5) is 23.0 Å². The minimum absolute atomic E-state index is 0. The molecule has 1 aromatic heterocycles. The van der Waals surface area contributed by atoms with Gasteiger partial charge in [0.2, 0.25) is 0 Å². The maximum Gasteiger partial charge on any atom is 0.293 e. The third-order valence-corrected chi connectivity index (χ3v) is 6.51. The minimum Gasteiger partial charge on any atom is -0.371 e. The fourth-order valence-electron chi connectivity index (χ4n) is 4.34. The Morgan fingerprint density at radius 1 is 1.06 bits per heavy atom. The number of aromatic nitrogens is 3. The molecule has 2 saturated heterocycles. The number of hydrazone groups is 1. The molecule has 13 heteroatoms. The standard InChI is InChI=1S/C21H31N9O2.2ClH/c1-15-3-7-27(8-4-15)18-12-19(28-9-5-16(2)6-10-28)20(30(31)32)11-17(18)13-23-25-21-26-24-14-29(21)22;;/h11-16H,3-10,22H2,1-2H3,(H,25,26);2*1H/b23-13+;;. The lowest BCUT2D eigenvalue weighted by molar-refractivity contribution is -0.384. The number of benzene rings is 1. The van der Waals surface area contributed by atoms with Gasteiger partial charge in [-0.3, -0.25) is 10.1 Å². The van der Waals surface area contributed by atoms with Gasteiger partial charge in [-0.15, -0.1) is 35.0 Å². The Bertz CT molecular complexity index is 985. The highest BCUT2D eigenvalue weighted by molar-refractivity contribution is 5.92. The molecule has 2 aromatic rings. The van der Waals surface area contributed by atoms with Crippen molar-refractivity contribution >= 4 is 54.0 Å². The molecule has 2 aliphatic rings. The van der Waals surface area contributed by atoms with Crippen LogP contribution in [0.25, 0.3) is 0 Å². The number of hydrogen-bond donors (Lipinski definition) is 2. The maximum atomic E-state index is 12.0. The van der Waals surface area contributed by atoms with E-state index in [1.807, 2.05) is 6.07 Å². The van der Waals surface area contributed by atoms with E-state index in [2.05, 4.69) is 44.4 Å². The molecule has 2 fully saturated rings. The number of hydrogen-bond acceptors (Lipinski definition) is 9. The predicted molar refractivity (Wildman–Crippen MR) is 140 cm³/mol. The normalized spacial score (nSPS) is 17.4. The van der Waals surface area contributed by atoms with Gasteiger partial charge in [-0.25, -0.2) is 10.1 Å². The molecule has 0 amide bonds. The van der Waals surface area contributed by atoms with Crippen LogP contribution in [0.1, 0.15) is 45.1 Å². The smallest absolute Gasteiger partial charge is 0.293 e. The van der Waals surface area contributed by atoms with Crippen LogP contribution in [0.3, 0.4) is 0 Å². The summed E-state index contributed by atoms with van der Waals surface area (Å²) in [5, 5.41) is 23.7. The molecule has 34 heavy (non-hydrogen) atoms. The Labute approximate surface area is 211 Å². The van der Waals surface area contributed by atoms with Gasteiger partial charge in [0.05, 0.1) is 11.1 Å². The van der Waals surface area contributed by atoms with Gasteiger partial charge in [-0.05, 0) is 43.6 Å². The van der Waals surface area contributed by atoms with E-state index in [1.54, 1.807) is 12.3 Å². The van der Waals surface area contributed by atoms with E-state index in [9.17, 15) is 10.1 Å². The van der Waals surface area contributed by atoms with Crippen LogP contribution in [0.5, 0.6) is 0 Å². The summed E-state index contributed by atoms with van der Waals surface area (Å²) in [5.74, 6) is 7.32. The lowest BCUT2D eigenvalue weighted by Crippen LogP contribution is -2.35. The zero-order valence-corrected chi connectivity index (χ0v) is 21.1. The number of nitrogen functional groups attached to an aromatic ring is 1. The number of piperidine rings is 2. The van der Waals surface area contributed by atoms with E-state index >= 15 is 0 Å². The van der Waals surface area contributed by atoms with E-state index in [4.69, 9.17) is 5.84 Å². The van der Waals surface area contributed by atoms with Crippen molar-refractivity contribution < 1.29 is 4.92 Å². The van der Waals surface area contributed by atoms with Crippen LogP contribution in [-0.4, -0.2) is 52.2 Å². The largest absolute Gasteiger partial charge is 0.371 e. The number of nitrogens with zero attached hydrogens (tertiary/aromatic N) is 7. The van der Waals surface area contributed by atoms with Crippen molar-refractivity contribution in [2.75, 3.05) is 47.2 Å². The van der Waals surface area contributed by atoms with Crippen molar-refractivity contribution in [1.82, 2.24) is 14.9 Å². The van der Waals surface area contributed by atoms with Gasteiger partial charge >= 0.3 is 0 Å². The molecule has 0 aliphatic carbocycles. The van der Waals surface area contributed by atoms with E-state index < -0.39 is 0 Å². The number of nitro groups is 1. The van der Waals surface area contributed by atoms with Gasteiger partial charge in [0.15, 0.2) is 0 Å². The highest BCUT2D eigenvalue weighted by Crippen LogP contribution is 2.38. The summed E-state index contributed by atoms with van der Waals surface area (Å²) in [7, 11) is 0. The Hall–Kier alpha value is -2.79. The fraction of sp³-hybridized carbons (Fsp3) is 0.571. The van der Waals surface area contributed by atoms with E-state index in [0.717, 1.165) is 57.5 Å². The van der Waals surface area contributed by atoms with Crippen LogP contribution in [0, 0.1) is 22.0 Å². The second kappa shape index (κ2) is 12.1. The van der Waals surface area contributed by atoms with Crippen LogP contribution in [0.15, 0.2) is 23.6 Å². The summed E-state index contributed by atoms with van der Waals surface area (Å²) in [6, 6.07) is 3.62. The SMILES string of the molecule is CC1CCN(c2cc(N3CCC(C)CC3)c([N+](=O)[O-])cc2/C=N/Nc2nncn2N)CC1.Cl.Cl. The third-order valence-electron chi connectivity index (χ3n) is 6.51. The number of nitrogens with one attached hydrogen (secondary N) is 1. The molecule has 0 unspecified atom stereocenters. The lowest BCUT2D eigenvalue weighted by atomic mass is 9.96. The quantitative estimate of drug-likeness (QED) is 0.259. The Morgan fingerprint density at radius 2 is 1.62 bits per heavy atom. The average Bonchev–Trinajstić information content (AvgIpc) is 3.19. The molecule has 11 nitrogen and oxygen atoms in total. The second-order valence-corrected chi connectivity index (χ2v) is 8.93. The molecule has 0 atom stereocenters. The van der Waals surface area contributed by atoms with E-state index in [0.29, 0.717) is 23.1 Å². The molecular weight excluding hydrogens is 481 g/mol. The topological polar surface area (TPSA) is 131 Å². The van der Waals surface area contributed by atoms with Gasteiger partial charge in [0, 0.05) is 43.5 Å². The highest BCUT2D eigenvalue weighted by Gasteiger charge is 2.27. The molecule has 3 N–H and O–H groups in total. The van der Waals surface area contributed by atoms with Gasteiger partial charge in [0.1, 0.15) is 12.0 Å². The molecule has 3 heterocycles. The van der Waals surface area contributed by atoms with E-state index in [-0.39, 0.29) is 41.4 Å². The summed E-state index contributed by atoms with van der Waals surface area (Å²) in [6.07, 6.45) is 7.23. The predicted octanol–water partition coefficient (Wildman–Crippen LogP) is 3.66. The average molecular weight is 514 g/mol. The molecule has 4 rings (SSSR count). The molecule has 1 aromatic carbocycles. The Balaban J connectivity index is 0.00000204. The monoisotopic (exact) mass is 513 g/mol. The molecule has 0 bridgehead atoms. The van der Waals surface area contributed by atoms with Crippen molar-refractivity contribution in [1.29, 1.82) is 0 Å². The minimum atomic E-state index is -0.295. The summed E-state index contributed by atoms with van der Waals surface area (Å²) in [6.45, 7) is 8.00. The fourth-order valence-corrected chi connectivity index (χ4v) is 4.34. The maximum absolute atomic E-state index is 12.0. The zero-order valence-electron chi connectivity index (χ0n) is 19.5. The van der Waals surface area contributed by atoms with E-state index in [1.165, 1.54) is 11.0 Å². The van der Waals surface area contributed by atoms with Gasteiger partial charge < -0.3 is 15.6 Å². The number of anilines is 3. The van der Waals surface area contributed by atoms with Crippen LogP contribution < -0.4 is 21.1 Å². The summed E-state index contributed by atoms with van der Waals surface area (Å²) in [5.41, 5.74) is 5.21. The Morgan fingerprint density at radius 3 is 2.12 bits per heavy atom. The third kappa shape index (κ3) is 6.20. The van der Waals surface area contributed by atoms with Crippen LogP contribution >= 0.6 is 24.8 Å².